The van der Waals surface area contributed by atoms with E-state index in [4.69, 9.17) is 0 Å². The molecule has 0 saturated heterocycles. The summed E-state index contributed by atoms with van der Waals surface area (Å²) in [5.41, 5.74) is 1.57. The molecular weight excluding hydrogens is 152 g/mol. The number of hydrogen-bond acceptors (Lipinski definition) is 2. The van der Waals surface area contributed by atoms with Gasteiger partial charge in [0.05, 0.1) is 5.56 Å². The third-order valence-corrected chi connectivity index (χ3v) is 1.79. The number of nitrogens with one attached hydrogen (secondary N) is 2. The molecule has 1 aromatic carbocycles. The number of amides is 1. The van der Waals surface area contributed by atoms with E-state index in [1.165, 1.54) is 0 Å². The van der Waals surface area contributed by atoms with Gasteiger partial charge in [-0.3, -0.25) is 4.79 Å². The van der Waals surface area contributed by atoms with Crippen LogP contribution in [0, 0.1) is 6.17 Å². The number of fused-ring (bicyclic) bond motifs is 1. The molecule has 0 aromatic heterocycles. The lowest BCUT2D eigenvalue weighted by Crippen LogP contribution is -2.36. The zero-order chi connectivity index (χ0) is 8.55. The third-order valence-electron chi connectivity index (χ3n) is 1.79. The van der Waals surface area contributed by atoms with Crippen LogP contribution in [0.4, 0.5) is 5.69 Å². The van der Waals surface area contributed by atoms with E-state index >= 15 is 0 Å². The molecule has 12 heavy (non-hydrogen) atoms. The first-order chi connectivity index (χ1) is 5.77. The summed E-state index contributed by atoms with van der Waals surface area (Å²) < 4.78 is 0. The summed E-state index contributed by atoms with van der Waals surface area (Å²) in [4.78, 5) is 11.3. The van der Waals surface area contributed by atoms with Gasteiger partial charge in [-0.15, -0.1) is 0 Å². The number of anilines is 1. The van der Waals surface area contributed by atoms with Crippen LogP contribution in [0.1, 0.15) is 17.3 Å². The van der Waals surface area contributed by atoms with E-state index in [2.05, 4.69) is 10.6 Å². The first kappa shape index (κ1) is 7.16. The highest BCUT2D eigenvalue weighted by molar-refractivity contribution is 6.02. The van der Waals surface area contributed by atoms with Crippen molar-refractivity contribution in [3.8, 4) is 0 Å². The smallest absolute Gasteiger partial charge is 0.255 e. The molecule has 0 fully saturated rings. The number of carbonyl (C=O) groups is 1. The van der Waals surface area contributed by atoms with Crippen LogP contribution in [0.3, 0.4) is 0 Å². The average Bonchev–Trinajstić information content (AvgIpc) is 2.04. The highest BCUT2D eigenvalue weighted by atomic mass is 16.2. The molecule has 0 aliphatic carbocycles. The molecule has 2 rings (SSSR count). The molecule has 0 unspecified atom stereocenters. The second kappa shape index (κ2) is 2.52. The van der Waals surface area contributed by atoms with Crippen LogP contribution >= 0.6 is 0 Å². The molecule has 1 aromatic rings. The summed E-state index contributed by atoms with van der Waals surface area (Å²) in [6.45, 7) is 1.83. The lowest BCUT2D eigenvalue weighted by molar-refractivity contribution is 0.0955. The molecule has 61 valence electrons. The van der Waals surface area contributed by atoms with Crippen molar-refractivity contribution in [2.24, 2.45) is 0 Å². The summed E-state index contributed by atoms with van der Waals surface area (Å²) >= 11 is 0. The molecule has 0 spiro atoms. The molecule has 1 aliphatic rings. The lowest BCUT2D eigenvalue weighted by atomic mass is 10.1. The fraction of sp³-hybridized carbons (Fsp3) is 0.111. The van der Waals surface area contributed by atoms with Crippen molar-refractivity contribution in [2.75, 3.05) is 5.32 Å². The Morgan fingerprint density at radius 2 is 1.92 bits per heavy atom. The second-order valence-corrected chi connectivity index (χ2v) is 2.75. The van der Waals surface area contributed by atoms with Crippen LogP contribution in [-0.4, -0.2) is 5.91 Å². The highest BCUT2D eigenvalue weighted by Gasteiger charge is 2.19. The zero-order valence-electron chi connectivity index (χ0n) is 6.72. The Morgan fingerprint density at radius 3 is 2.75 bits per heavy atom. The predicted octanol–water partition coefficient (Wildman–Crippen LogP) is 1.35. The highest BCUT2D eigenvalue weighted by Crippen LogP contribution is 2.20. The topological polar surface area (TPSA) is 41.1 Å². The Hall–Kier alpha value is -1.51. The molecule has 3 heteroatoms. The maximum atomic E-state index is 11.3. The number of carbonyl (C=O) groups excluding carboxylic acids is 1. The van der Waals surface area contributed by atoms with Gasteiger partial charge in [-0.1, -0.05) is 12.1 Å². The summed E-state index contributed by atoms with van der Waals surface area (Å²) in [6.07, 6.45) is 0.777. The van der Waals surface area contributed by atoms with Gasteiger partial charge in [-0.05, 0) is 19.1 Å². The van der Waals surface area contributed by atoms with Crippen LogP contribution in [0.2, 0.25) is 0 Å². The van der Waals surface area contributed by atoms with Crippen LogP contribution in [0.25, 0.3) is 0 Å². The predicted molar refractivity (Wildman–Crippen MR) is 46.4 cm³/mol. The van der Waals surface area contributed by atoms with Gasteiger partial charge in [-0.25, -0.2) is 0 Å². The number of para-hydroxylation sites is 1. The molecule has 1 heterocycles. The number of hydrogen-bond donors (Lipinski definition) is 2. The zero-order valence-corrected chi connectivity index (χ0v) is 6.72. The molecule has 0 bridgehead atoms. The van der Waals surface area contributed by atoms with E-state index in [0.717, 1.165) is 11.9 Å². The normalized spacial score (nSPS) is 16.2. The number of benzene rings is 1. The quantitative estimate of drug-likeness (QED) is 0.603. The van der Waals surface area contributed by atoms with E-state index in [1.807, 2.05) is 25.1 Å². The summed E-state index contributed by atoms with van der Waals surface area (Å²) in [5, 5.41) is 5.78. The fourth-order valence-electron chi connectivity index (χ4n) is 1.26. The van der Waals surface area contributed by atoms with Gasteiger partial charge < -0.3 is 10.6 Å². The maximum absolute atomic E-state index is 11.3. The molecular formula is C9H9N2O. The van der Waals surface area contributed by atoms with Crippen LogP contribution in [0.15, 0.2) is 24.3 Å². The van der Waals surface area contributed by atoms with Crippen molar-refractivity contribution in [1.82, 2.24) is 5.32 Å². The molecule has 3 nitrogen and oxygen atoms in total. The van der Waals surface area contributed by atoms with Crippen molar-refractivity contribution < 1.29 is 4.79 Å². The lowest BCUT2D eigenvalue weighted by Gasteiger charge is -2.23. The van der Waals surface area contributed by atoms with E-state index < -0.39 is 0 Å². The molecule has 1 aliphatic heterocycles. The van der Waals surface area contributed by atoms with E-state index in [0.29, 0.717) is 5.56 Å². The summed E-state index contributed by atoms with van der Waals surface area (Å²) in [5.74, 6) is -0.0400. The Labute approximate surface area is 70.8 Å². The van der Waals surface area contributed by atoms with E-state index in [-0.39, 0.29) is 5.91 Å². The first-order valence-corrected chi connectivity index (χ1v) is 3.78. The second-order valence-electron chi connectivity index (χ2n) is 2.75. The van der Waals surface area contributed by atoms with Crippen molar-refractivity contribution in [3.05, 3.63) is 36.0 Å². The SMILES string of the molecule is C[C]1NC(=O)c2ccccc2N1. The van der Waals surface area contributed by atoms with Crippen molar-refractivity contribution in [2.45, 2.75) is 6.92 Å². The Bertz CT molecular complexity index is 322. The fourth-order valence-corrected chi connectivity index (χ4v) is 1.26. The van der Waals surface area contributed by atoms with E-state index in [9.17, 15) is 4.79 Å². The van der Waals surface area contributed by atoms with Crippen LogP contribution in [-0.2, 0) is 0 Å². The third kappa shape index (κ3) is 1.03. The Balaban J connectivity index is 2.47. The van der Waals surface area contributed by atoms with Gasteiger partial charge in [-0.2, -0.15) is 0 Å². The molecule has 2 N–H and O–H groups in total. The van der Waals surface area contributed by atoms with Gasteiger partial charge in [0.25, 0.3) is 5.91 Å². The minimum Gasteiger partial charge on any atom is -0.359 e. The van der Waals surface area contributed by atoms with Gasteiger partial charge in [0, 0.05) is 5.69 Å². The van der Waals surface area contributed by atoms with E-state index in [1.54, 1.807) is 6.07 Å². The molecule has 1 radical (unpaired) electrons. The largest absolute Gasteiger partial charge is 0.359 e. The van der Waals surface area contributed by atoms with Gasteiger partial charge >= 0.3 is 0 Å². The standard InChI is InChI=1S/C9H9N2O/c1-6-10-8-5-3-2-4-7(8)9(12)11-6/h2-5,10H,1H3,(H,11,12). The van der Waals surface area contributed by atoms with Gasteiger partial charge in [0.1, 0.15) is 6.17 Å². The minimum atomic E-state index is -0.0400. The van der Waals surface area contributed by atoms with Crippen LogP contribution < -0.4 is 10.6 Å². The van der Waals surface area contributed by atoms with Crippen molar-refractivity contribution in [1.29, 1.82) is 0 Å². The monoisotopic (exact) mass is 161 g/mol. The first-order valence-electron chi connectivity index (χ1n) is 3.78. The Kier molecular flexibility index (Phi) is 1.50. The molecule has 0 saturated carbocycles. The minimum absolute atomic E-state index is 0.0400. The van der Waals surface area contributed by atoms with Crippen LogP contribution in [0.5, 0.6) is 0 Å². The summed E-state index contributed by atoms with van der Waals surface area (Å²) in [6, 6.07) is 7.43. The van der Waals surface area contributed by atoms with Gasteiger partial charge in [0.15, 0.2) is 0 Å². The Morgan fingerprint density at radius 1 is 1.17 bits per heavy atom. The number of rotatable bonds is 0. The van der Waals surface area contributed by atoms with Gasteiger partial charge in [0.2, 0.25) is 0 Å². The molecule has 1 amide bonds. The van der Waals surface area contributed by atoms with Crippen molar-refractivity contribution >= 4 is 11.6 Å². The average molecular weight is 161 g/mol. The van der Waals surface area contributed by atoms with Crippen molar-refractivity contribution in [3.63, 3.8) is 0 Å². The maximum Gasteiger partial charge on any atom is 0.255 e. The molecule has 0 atom stereocenters. The summed E-state index contributed by atoms with van der Waals surface area (Å²) in [7, 11) is 0.